The summed E-state index contributed by atoms with van der Waals surface area (Å²) in [5.74, 6) is 0.362. The van der Waals surface area contributed by atoms with Gasteiger partial charge in [-0.2, -0.15) is 0 Å². The number of benzene rings is 1. The minimum Gasteiger partial charge on any atom is -0.396 e. The summed E-state index contributed by atoms with van der Waals surface area (Å²) >= 11 is 0. The van der Waals surface area contributed by atoms with Gasteiger partial charge in [0.05, 0.1) is 4.92 Å². The van der Waals surface area contributed by atoms with E-state index in [-0.39, 0.29) is 24.1 Å². The molecule has 1 amide bonds. The van der Waals surface area contributed by atoms with E-state index < -0.39 is 4.92 Å². The van der Waals surface area contributed by atoms with Crippen LogP contribution >= 0.6 is 0 Å². The third kappa shape index (κ3) is 5.81. The van der Waals surface area contributed by atoms with Crippen LogP contribution in [0, 0.1) is 28.9 Å². The molecular weight excluding hydrogens is 284 g/mol. The maximum absolute atomic E-state index is 12.2. The molecule has 6 nitrogen and oxygen atoms in total. The number of aryl methyl sites for hydroxylation is 1. The number of amides is 1. The number of nitro benzene ring substituents is 1. The van der Waals surface area contributed by atoms with Crippen LogP contribution in [-0.4, -0.2) is 29.1 Å². The minimum atomic E-state index is -0.503. The Bertz CT molecular complexity index is 529. The van der Waals surface area contributed by atoms with Crippen LogP contribution in [0.5, 0.6) is 0 Å². The van der Waals surface area contributed by atoms with Gasteiger partial charge in [0.15, 0.2) is 0 Å². The van der Waals surface area contributed by atoms with Gasteiger partial charge in [0.25, 0.3) is 11.6 Å². The van der Waals surface area contributed by atoms with Crippen molar-refractivity contribution >= 4 is 11.6 Å². The van der Waals surface area contributed by atoms with Gasteiger partial charge in [-0.15, -0.1) is 0 Å². The summed E-state index contributed by atoms with van der Waals surface area (Å²) in [5, 5.41) is 22.7. The lowest BCUT2D eigenvalue weighted by Crippen LogP contribution is -2.30. The zero-order valence-corrected chi connectivity index (χ0v) is 13.3. The number of nitro groups is 1. The largest absolute Gasteiger partial charge is 0.396 e. The Kier molecular flexibility index (Phi) is 6.98. The van der Waals surface area contributed by atoms with Crippen molar-refractivity contribution in [3.8, 4) is 0 Å². The number of non-ortho nitro benzene ring substituents is 1. The third-order valence-electron chi connectivity index (χ3n) is 3.43. The summed E-state index contributed by atoms with van der Waals surface area (Å²) < 4.78 is 0. The van der Waals surface area contributed by atoms with E-state index in [1.54, 1.807) is 13.0 Å². The molecule has 0 aliphatic rings. The predicted molar refractivity (Wildman–Crippen MR) is 84.8 cm³/mol. The van der Waals surface area contributed by atoms with Crippen molar-refractivity contribution in [1.29, 1.82) is 0 Å². The summed E-state index contributed by atoms with van der Waals surface area (Å²) in [6.07, 6.45) is 1.54. The third-order valence-corrected chi connectivity index (χ3v) is 3.43. The summed E-state index contributed by atoms with van der Waals surface area (Å²) in [4.78, 5) is 22.5. The fourth-order valence-electron chi connectivity index (χ4n) is 2.49. The fraction of sp³-hybridized carbons (Fsp3) is 0.562. The second-order valence-electron chi connectivity index (χ2n) is 6.03. The van der Waals surface area contributed by atoms with Gasteiger partial charge >= 0.3 is 0 Å². The monoisotopic (exact) mass is 308 g/mol. The number of hydrogen-bond acceptors (Lipinski definition) is 4. The van der Waals surface area contributed by atoms with E-state index in [0.717, 1.165) is 6.42 Å². The second-order valence-corrected chi connectivity index (χ2v) is 6.03. The Morgan fingerprint density at radius 2 is 2.05 bits per heavy atom. The smallest absolute Gasteiger partial charge is 0.270 e. The summed E-state index contributed by atoms with van der Waals surface area (Å²) in [6, 6.07) is 4.35. The van der Waals surface area contributed by atoms with Crippen LogP contribution in [0.2, 0.25) is 0 Å². The highest BCUT2D eigenvalue weighted by atomic mass is 16.6. The molecule has 0 spiro atoms. The Labute approximate surface area is 130 Å². The first-order chi connectivity index (χ1) is 10.3. The Balaban J connectivity index is 2.73. The van der Waals surface area contributed by atoms with Crippen LogP contribution in [0.25, 0.3) is 0 Å². The molecule has 0 bridgehead atoms. The van der Waals surface area contributed by atoms with Crippen LogP contribution in [-0.2, 0) is 0 Å². The van der Waals surface area contributed by atoms with Crippen LogP contribution in [0.4, 0.5) is 5.69 Å². The number of aliphatic hydroxyl groups is 1. The molecule has 1 atom stereocenters. The van der Waals surface area contributed by atoms with Gasteiger partial charge in [-0.1, -0.05) is 13.8 Å². The molecule has 1 rings (SSSR count). The van der Waals surface area contributed by atoms with E-state index in [4.69, 9.17) is 5.11 Å². The number of carbonyl (C=O) groups excluding carboxylic acids is 1. The van der Waals surface area contributed by atoms with Crippen molar-refractivity contribution in [2.75, 3.05) is 13.2 Å². The zero-order chi connectivity index (χ0) is 16.7. The van der Waals surface area contributed by atoms with Gasteiger partial charge in [0, 0.05) is 30.8 Å². The standard InChI is InChI=1S/C16H24N2O4/c1-11(2)6-13(4-5-19)10-17-16(20)14-7-12(3)8-15(9-14)18(21)22/h7-9,11,13,19H,4-6,10H2,1-3H3,(H,17,20). The van der Waals surface area contributed by atoms with Gasteiger partial charge in [-0.05, 0) is 43.2 Å². The van der Waals surface area contributed by atoms with Gasteiger partial charge in [0.2, 0.25) is 0 Å². The number of nitrogens with zero attached hydrogens (tertiary/aromatic N) is 1. The predicted octanol–water partition coefficient (Wildman–Crippen LogP) is 2.68. The van der Waals surface area contributed by atoms with Gasteiger partial charge in [-0.25, -0.2) is 0 Å². The van der Waals surface area contributed by atoms with Gasteiger partial charge < -0.3 is 10.4 Å². The molecule has 0 aliphatic heterocycles. The Morgan fingerprint density at radius 1 is 1.36 bits per heavy atom. The molecule has 1 aromatic rings. The lowest BCUT2D eigenvalue weighted by atomic mass is 9.94. The molecule has 0 heterocycles. The Hall–Kier alpha value is -1.95. The number of rotatable bonds is 8. The number of nitrogens with one attached hydrogen (secondary N) is 1. The van der Waals surface area contributed by atoms with Crippen molar-refractivity contribution < 1.29 is 14.8 Å². The second kappa shape index (κ2) is 8.48. The fourth-order valence-corrected chi connectivity index (χ4v) is 2.49. The molecule has 0 aliphatic carbocycles. The van der Waals surface area contributed by atoms with Gasteiger partial charge in [-0.3, -0.25) is 14.9 Å². The molecule has 1 unspecified atom stereocenters. The molecular formula is C16H24N2O4. The van der Waals surface area contributed by atoms with E-state index >= 15 is 0 Å². The molecule has 0 radical (unpaired) electrons. The quantitative estimate of drug-likeness (QED) is 0.570. The molecule has 0 saturated heterocycles. The first-order valence-corrected chi connectivity index (χ1v) is 7.48. The first kappa shape index (κ1) is 18.1. The molecule has 6 heteroatoms. The average molecular weight is 308 g/mol. The van der Waals surface area contributed by atoms with E-state index in [2.05, 4.69) is 19.2 Å². The highest BCUT2D eigenvalue weighted by Gasteiger charge is 2.16. The number of aliphatic hydroxyl groups excluding tert-OH is 1. The Morgan fingerprint density at radius 3 is 2.59 bits per heavy atom. The average Bonchev–Trinajstić information content (AvgIpc) is 2.43. The highest BCUT2D eigenvalue weighted by Crippen LogP contribution is 2.18. The van der Waals surface area contributed by atoms with E-state index in [1.165, 1.54) is 12.1 Å². The van der Waals surface area contributed by atoms with E-state index in [9.17, 15) is 14.9 Å². The number of carbonyl (C=O) groups is 1. The zero-order valence-electron chi connectivity index (χ0n) is 13.3. The molecule has 0 fully saturated rings. The maximum Gasteiger partial charge on any atom is 0.270 e. The summed E-state index contributed by atoms with van der Waals surface area (Å²) in [5.41, 5.74) is 0.881. The van der Waals surface area contributed by atoms with Crippen molar-refractivity contribution in [2.45, 2.75) is 33.6 Å². The number of hydrogen-bond donors (Lipinski definition) is 2. The normalized spacial score (nSPS) is 12.2. The van der Waals surface area contributed by atoms with E-state index in [1.807, 2.05) is 0 Å². The van der Waals surface area contributed by atoms with Crippen molar-refractivity contribution in [3.05, 3.63) is 39.4 Å². The molecule has 122 valence electrons. The van der Waals surface area contributed by atoms with Gasteiger partial charge in [0.1, 0.15) is 0 Å². The highest BCUT2D eigenvalue weighted by molar-refractivity contribution is 5.95. The lowest BCUT2D eigenvalue weighted by Gasteiger charge is -2.18. The lowest BCUT2D eigenvalue weighted by molar-refractivity contribution is -0.384. The first-order valence-electron chi connectivity index (χ1n) is 7.48. The van der Waals surface area contributed by atoms with Crippen LogP contribution < -0.4 is 5.32 Å². The summed E-state index contributed by atoms with van der Waals surface area (Å²) in [6.45, 7) is 6.45. The molecule has 0 saturated carbocycles. The molecule has 1 aromatic carbocycles. The van der Waals surface area contributed by atoms with Crippen molar-refractivity contribution in [1.82, 2.24) is 5.32 Å². The molecule has 0 aromatic heterocycles. The minimum absolute atomic E-state index is 0.0840. The van der Waals surface area contributed by atoms with Crippen LogP contribution in [0.3, 0.4) is 0 Å². The SMILES string of the molecule is Cc1cc(C(=O)NCC(CCO)CC(C)C)cc([N+](=O)[O-])c1. The maximum atomic E-state index is 12.2. The molecule has 22 heavy (non-hydrogen) atoms. The van der Waals surface area contributed by atoms with Crippen molar-refractivity contribution in [3.63, 3.8) is 0 Å². The topological polar surface area (TPSA) is 92.5 Å². The van der Waals surface area contributed by atoms with Crippen molar-refractivity contribution in [2.24, 2.45) is 11.8 Å². The van der Waals surface area contributed by atoms with Crippen LogP contribution in [0.1, 0.15) is 42.6 Å². The summed E-state index contributed by atoms with van der Waals surface area (Å²) in [7, 11) is 0. The van der Waals surface area contributed by atoms with Crippen LogP contribution in [0.15, 0.2) is 18.2 Å². The van der Waals surface area contributed by atoms with E-state index in [0.29, 0.717) is 30.0 Å². The molecule has 2 N–H and O–H groups in total.